The average molecular weight is 307 g/mol. The van der Waals surface area contributed by atoms with Crippen LogP contribution in [-0.4, -0.2) is 31.6 Å². The number of urea groups is 1. The van der Waals surface area contributed by atoms with Crippen LogP contribution in [0.2, 0.25) is 0 Å². The quantitative estimate of drug-likeness (QED) is 0.678. The lowest BCUT2D eigenvalue weighted by Crippen LogP contribution is -2.49. The van der Waals surface area contributed by atoms with Gasteiger partial charge in [0.1, 0.15) is 11.8 Å². The molecule has 1 atom stereocenters. The van der Waals surface area contributed by atoms with Crippen molar-refractivity contribution in [3.8, 4) is 5.75 Å². The number of nitrogens with two attached hydrogens (primary N) is 1. The van der Waals surface area contributed by atoms with E-state index in [-0.39, 0.29) is 11.8 Å². The van der Waals surface area contributed by atoms with E-state index in [4.69, 9.17) is 10.5 Å². The molecule has 3 amide bonds. The van der Waals surface area contributed by atoms with Gasteiger partial charge < -0.3 is 21.1 Å². The normalized spacial score (nSPS) is 11.8. The largest absolute Gasteiger partial charge is 0.497 e. The highest BCUT2D eigenvalue weighted by atomic mass is 16.5. The van der Waals surface area contributed by atoms with Crippen molar-refractivity contribution in [3.05, 3.63) is 29.8 Å². The molecular weight excluding hydrogens is 282 g/mol. The molecule has 4 N–H and O–H groups in total. The van der Waals surface area contributed by atoms with E-state index in [2.05, 4.69) is 10.6 Å². The third-order valence-electron chi connectivity index (χ3n) is 3.21. The van der Waals surface area contributed by atoms with Crippen LogP contribution in [0.15, 0.2) is 24.3 Å². The summed E-state index contributed by atoms with van der Waals surface area (Å²) in [6.45, 7) is 4.47. The molecule has 0 aliphatic rings. The lowest BCUT2D eigenvalue weighted by molar-refractivity contribution is -0.123. The first-order chi connectivity index (χ1) is 10.4. The van der Waals surface area contributed by atoms with Crippen molar-refractivity contribution < 1.29 is 14.3 Å². The summed E-state index contributed by atoms with van der Waals surface area (Å²) in [5, 5.41) is 5.32. The predicted octanol–water partition coefficient (Wildman–Crippen LogP) is 1.44. The lowest BCUT2D eigenvalue weighted by Gasteiger charge is -2.19. The second-order valence-electron chi connectivity index (χ2n) is 5.58. The highest BCUT2D eigenvalue weighted by molar-refractivity contribution is 5.86. The number of nitrogens with one attached hydrogen (secondary N) is 2. The minimum Gasteiger partial charge on any atom is -0.497 e. The maximum absolute atomic E-state index is 12.1. The summed E-state index contributed by atoms with van der Waals surface area (Å²) in [6, 6.07) is 6.40. The van der Waals surface area contributed by atoms with Crippen molar-refractivity contribution in [2.75, 3.05) is 13.7 Å². The zero-order valence-electron chi connectivity index (χ0n) is 13.4. The van der Waals surface area contributed by atoms with Crippen LogP contribution in [-0.2, 0) is 11.2 Å². The SMILES string of the molecule is COc1ccc(CCNC(=O)C(CC(C)C)NC(N)=O)cc1. The van der Waals surface area contributed by atoms with Gasteiger partial charge in [-0.3, -0.25) is 4.79 Å². The fourth-order valence-corrected chi connectivity index (χ4v) is 2.12. The summed E-state index contributed by atoms with van der Waals surface area (Å²) in [6.07, 6.45) is 1.26. The van der Waals surface area contributed by atoms with Gasteiger partial charge in [-0.15, -0.1) is 0 Å². The van der Waals surface area contributed by atoms with Gasteiger partial charge in [0.2, 0.25) is 5.91 Å². The average Bonchev–Trinajstić information content (AvgIpc) is 2.46. The Morgan fingerprint density at radius 1 is 1.23 bits per heavy atom. The van der Waals surface area contributed by atoms with Gasteiger partial charge in [-0.1, -0.05) is 26.0 Å². The summed E-state index contributed by atoms with van der Waals surface area (Å²) in [5.74, 6) is 0.876. The van der Waals surface area contributed by atoms with Crippen LogP contribution in [0.1, 0.15) is 25.8 Å². The second kappa shape index (κ2) is 8.92. The van der Waals surface area contributed by atoms with E-state index in [1.54, 1.807) is 7.11 Å². The molecule has 122 valence electrons. The Bertz CT molecular complexity index is 486. The molecule has 0 radical (unpaired) electrons. The fraction of sp³-hybridized carbons (Fsp3) is 0.500. The zero-order chi connectivity index (χ0) is 16.5. The Hall–Kier alpha value is -2.24. The van der Waals surface area contributed by atoms with Crippen molar-refractivity contribution in [3.63, 3.8) is 0 Å². The smallest absolute Gasteiger partial charge is 0.312 e. The van der Waals surface area contributed by atoms with E-state index in [0.29, 0.717) is 19.4 Å². The molecule has 0 saturated carbocycles. The molecule has 1 aromatic carbocycles. The van der Waals surface area contributed by atoms with Gasteiger partial charge in [-0.05, 0) is 36.5 Å². The monoisotopic (exact) mass is 307 g/mol. The molecule has 0 bridgehead atoms. The highest BCUT2D eigenvalue weighted by Crippen LogP contribution is 2.11. The van der Waals surface area contributed by atoms with Crippen molar-refractivity contribution in [2.45, 2.75) is 32.7 Å². The Kier molecular flexibility index (Phi) is 7.22. The lowest BCUT2D eigenvalue weighted by atomic mass is 10.0. The van der Waals surface area contributed by atoms with Crippen LogP contribution in [0.4, 0.5) is 4.79 Å². The van der Waals surface area contributed by atoms with E-state index in [0.717, 1.165) is 11.3 Å². The molecular formula is C16H25N3O3. The molecule has 6 heteroatoms. The van der Waals surface area contributed by atoms with Crippen LogP contribution < -0.4 is 21.1 Å². The van der Waals surface area contributed by atoms with E-state index in [1.165, 1.54) is 0 Å². The van der Waals surface area contributed by atoms with Crippen LogP contribution in [0, 0.1) is 5.92 Å². The van der Waals surface area contributed by atoms with Crippen LogP contribution in [0.5, 0.6) is 5.75 Å². The summed E-state index contributed by atoms with van der Waals surface area (Å²) >= 11 is 0. The molecule has 0 heterocycles. The predicted molar refractivity (Wildman–Crippen MR) is 85.7 cm³/mol. The van der Waals surface area contributed by atoms with Gasteiger partial charge >= 0.3 is 6.03 Å². The summed E-state index contributed by atoms with van der Waals surface area (Å²) in [4.78, 5) is 23.1. The highest BCUT2D eigenvalue weighted by Gasteiger charge is 2.20. The number of carbonyl (C=O) groups is 2. The number of hydrogen-bond acceptors (Lipinski definition) is 3. The zero-order valence-corrected chi connectivity index (χ0v) is 13.4. The number of ether oxygens (including phenoxy) is 1. The van der Waals surface area contributed by atoms with Gasteiger partial charge in [-0.2, -0.15) is 0 Å². The first-order valence-electron chi connectivity index (χ1n) is 7.39. The molecule has 22 heavy (non-hydrogen) atoms. The third-order valence-corrected chi connectivity index (χ3v) is 3.21. The number of carbonyl (C=O) groups excluding carboxylic acids is 2. The van der Waals surface area contributed by atoms with Gasteiger partial charge in [-0.25, -0.2) is 4.79 Å². The van der Waals surface area contributed by atoms with E-state index in [1.807, 2.05) is 38.1 Å². The summed E-state index contributed by atoms with van der Waals surface area (Å²) < 4.78 is 5.10. The maximum atomic E-state index is 12.1. The summed E-state index contributed by atoms with van der Waals surface area (Å²) in [7, 11) is 1.62. The third kappa shape index (κ3) is 6.47. The first kappa shape index (κ1) is 17.8. The molecule has 1 rings (SSSR count). The van der Waals surface area contributed by atoms with Crippen molar-refractivity contribution >= 4 is 11.9 Å². The number of primary amides is 1. The number of methoxy groups -OCH3 is 1. The molecule has 0 aliphatic heterocycles. The van der Waals surface area contributed by atoms with Crippen molar-refractivity contribution in [2.24, 2.45) is 11.7 Å². The van der Waals surface area contributed by atoms with Gasteiger partial charge in [0.15, 0.2) is 0 Å². The van der Waals surface area contributed by atoms with Crippen LogP contribution in [0.3, 0.4) is 0 Å². The topological polar surface area (TPSA) is 93.4 Å². The van der Waals surface area contributed by atoms with Crippen molar-refractivity contribution in [1.82, 2.24) is 10.6 Å². The Morgan fingerprint density at radius 2 is 1.86 bits per heavy atom. The van der Waals surface area contributed by atoms with E-state index >= 15 is 0 Å². The van der Waals surface area contributed by atoms with Gasteiger partial charge in [0, 0.05) is 6.54 Å². The molecule has 0 aliphatic carbocycles. The number of hydrogen-bond donors (Lipinski definition) is 3. The molecule has 6 nitrogen and oxygen atoms in total. The Balaban J connectivity index is 2.45. The van der Waals surface area contributed by atoms with Crippen LogP contribution >= 0.6 is 0 Å². The molecule has 1 aromatic rings. The van der Waals surface area contributed by atoms with Gasteiger partial charge in [0.05, 0.1) is 7.11 Å². The molecule has 0 spiro atoms. The molecule has 0 saturated heterocycles. The Labute approximate surface area is 131 Å². The minimum absolute atomic E-state index is 0.207. The Morgan fingerprint density at radius 3 is 2.36 bits per heavy atom. The molecule has 1 unspecified atom stereocenters. The van der Waals surface area contributed by atoms with E-state index in [9.17, 15) is 9.59 Å². The standard InChI is InChI=1S/C16H25N3O3/c1-11(2)10-14(19-16(17)21)15(20)18-9-8-12-4-6-13(22-3)7-5-12/h4-7,11,14H,8-10H2,1-3H3,(H,18,20)(H3,17,19,21). The first-order valence-corrected chi connectivity index (χ1v) is 7.39. The fourth-order valence-electron chi connectivity index (χ4n) is 2.12. The number of benzene rings is 1. The number of amides is 3. The molecule has 0 aromatic heterocycles. The summed E-state index contributed by atoms with van der Waals surface area (Å²) in [5.41, 5.74) is 6.21. The van der Waals surface area contributed by atoms with Crippen molar-refractivity contribution in [1.29, 1.82) is 0 Å². The second-order valence-corrected chi connectivity index (χ2v) is 5.58. The minimum atomic E-state index is -0.684. The molecule has 0 fully saturated rings. The van der Waals surface area contributed by atoms with Gasteiger partial charge in [0.25, 0.3) is 0 Å². The van der Waals surface area contributed by atoms with E-state index < -0.39 is 12.1 Å². The number of rotatable bonds is 8. The maximum Gasteiger partial charge on any atom is 0.312 e. The van der Waals surface area contributed by atoms with Crippen LogP contribution in [0.25, 0.3) is 0 Å².